The molecule has 4 rings (SSSR count). The summed E-state index contributed by atoms with van der Waals surface area (Å²) in [5, 5.41) is 8.73. The van der Waals surface area contributed by atoms with Gasteiger partial charge in [0.1, 0.15) is 11.8 Å². The first-order chi connectivity index (χ1) is 17.4. The van der Waals surface area contributed by atoms with Crippen LogP contribution in [0.3, 0.4) is 0 Å². The topological polar surface area (TPSA) is 116 Å². The summed E-state index contributed by atoms with van der Waals surface area (Å²) in [6, 6.07) is 8.32. The third-order valence-electron chi connectivity index (χ3n) is 6.65. The van der Waals surface area contributed by atoms with Crippen LogP contribution >= 0.6 is 0 Å². The Morgan fingerprint density at radius 1 is 1.24 bits per heavy atom. The van der Waals surface area contributed by atoms with Gasteiger partial charge in [0.2, 0.25) is 5.60 Å². The van der Waals surface area contributed by atoms with E-state index < -0.39 is 47.4 Å². The Labute approximate surface area is 214 Å². The fraction of sp³-hybridized carbons (Fsp3) is 0.519. The number of benzene rings is 1. The van der Waals surface area contributed by atoms with Crippen molar-refractivity contribution in [1.29, 1.82) is 0 Å². The van der Waals surface area contributed by atoms with Crippen molar-refractivity contribution in [1.82, 2.24) is 10.3 Å². The molecule has 9 nitrogen and oxygen atoms in total. The van der Waals surface area contributed by atoms with Gasteiger partial charge in [0.15, 0.2) is 6.67 Å². The van der Waals surface area contributed by atoms with Crippen molar-refractivity contribution in [2.75, 3.05) is 6.67 Å². The number of cyclic esters (lactones) is 1. The number of carbonyl (C=O) groups excluding carboxylic acids is 3. The number of rotatable bonds is 7. The van der Waals surface area contributed by atoms with Gasteiger partial charge in [-0.1, -0.05) is 64.0 Å². The maximum Gasteiger partial charge on any atom is 0.311 e. The zero-order valence-corrected chi connectivity index (χ0v) is 21.7. The Balaban J connectivity index is 1.57. The lowest BCUT2D eigenvalue weighted by Crippen LogP contribution is -2.60. The van der Waals surface area contributed by atoms with E-state index in [4.69, 9.17) is 14.3 Å². The highest BCUT2D eigenvalue weighted by Crippen LogP contribution is 2.37. The molecule has 0 saturated carbocycles. The minimum atomic E-state index is -2.24. The molecule has 37 heavy (non-hydrogen) atoms. The Morgan fingerprint density at radius 3 is 2.65 bits per heavy atom. The minimum Gasteiger partial charge on any atom is -0.417 e. The standard InChI is InChI=1S/C27H32FN3O6/c1-16(2)26(13-19(31-37-26)23-18-9-7-6-8-17(18)10-11-29-23)24(34)30-20-12-21(32)35-27(20,15-28)36-22(33)14-25(3,4)5/h6-11,16,20H,12-15H2,1-5H3,(H,30,34). The fourth-order valence-electron chi connectivity index (χ4n) is 4.59. The molecular weight excluding hydrogens is 481 g/mol. The highest BCUT2D eigenvalue weighted by molar-refractivity contribution is 6.11. The molecule has 0 radical (unpaired) electrons. The van der Waals surface area contributed by atoms with Gasteiger partial charge in [-0.2, -0.15) is 0 Å². The van der Waals surface area contributed by atoms with E-state index in [9.17, 15) is 18.8 Å². The number of aromatic nitrogens is 1. The number of alkyl halides is 1. The summed E-state index contributed by atoms with van der Waals surface area (Å²) in [5.41, 5.74) is -0.787. The third kappa shape index (κ3) is 5.14. The van der Waals surface area contributed by atoms with Crippen LogP contribution in [0.5, 0.6) is 0 Å². The van der Waals surface area contributed by atoms with Crippen molar-refractivity contribution in [3.05, 3.63) is 42.2 Å². The van der Waals surface area contributed by atoms with Gasteiger partial charge in [-0.15, -0.1) is 0 Å². The number of halogens is 1. The van der Waals surface area contributed by atoms with Gasteiger partial charge in [-0.25, -0.2) is 4.39 Å². The lowest BCUT2D eigenvalue weighted by atomic mass is 9.83. The molecule has 0 spiro atoms. The molecule has 3 atom stereocenters. The minimum absolute atomic E-state index is 0.0265. The average molecular weight is 514 g/mol. The number of hydrogen-bond acceptors (Lipinski definition) is 8. The molecule has 198 valence electrons. The number of ether oxygens (including phenoxy) is 2. The molecule has 10 heteroatoms. The quantitative estimate of drug-likeness (QED) is 0.560. The second-order valence-electron chi connectivity index (χ2n) is 11.1. The van der Waals surface area contributed by atoms with Crippen molar-refractivity contribution in [2.24, 2.45) is 16.5 Å². The molecule has 2 aliphatic heterocycles. The Bertz CT molecular complexity index is 1250. The van der Waals surface area contributed by atoms with E-state index in [1.54, 1.807) is 20.0 Å². The number of hydrogen-bond donors (Lipinski definition) is 1. The summed E-state index contributed by atoms with van der Waals surface area (Å²) in [7, 11) is 0. The van der Waals surface area contributed by atoms with Gasteiger partial charge in [-0.05, 0) is 16.9 Å². The van der Waals surface area contributed by atoms with E-state index in [2.05, 4.69) is 15.5 Å². The summed E-state index contributed by atoms with van der Waals surface area (Å²) >= 11 is 0. The summed E-state index contributed by atoms with van der Waals surface area (Å²) < 4.78 is 24.8. The van der Waals surface area contributed by atoms with Gasteiger partial charge < -0.3 is 19.6 Å². The Hall–Kier alpha value is -3.56. The van der Waals surface area contributed by atoms with E-state index in [1.165, 1.54) is 0 Å². The van der Waals surface area contributed by atoms with Crippen LogP contribution in [-0.4, -0.2) is 52.6 Å². The first kappa shape index (κ1) is 26.5. The van der Waals surface area contributed by atoms with E-state index >= 15 is 0 Å². The lowest BCUT2D eigenvalue weighted by molar-refractivity contribution is -0.227. The van der Waals surface area contributed by atoms with Crippen LogP contribution in [0.15, 0.2) is 41.7 Å². The van der Waals surface area contributed by atoms with Crippen LogP contribution in [0.1, 0.15) is 59.6 Å². The molecule has 2 aliphatic rings. The molecule has 1 amide bonds. The highest BCUT2D eigenvalue weighted by atomic mass is 19.1. The average Bonchev–Trinajstić information content (AvgIpc) is 3.40. The number of carbonyl (C=O) groups is 3. The Kier molecular flexibility index (Phi) is 6.96. The zero-order valence-electron chi connectivity index (χ0n) is 21.7. The molecular formula is C27H32FN3O6. The summed E-state index contributed by atoms with van der Waals surface area (Å²) in [4.78, 5) is 48.6. The molecule has 0 bridgehead atoms. The first-order valence-electron chi connectivity index (χ1n) is 12.3. The maximum absolute atomic E-state index is 14.3. The second kappa shape index (κ2) is 9.72. The number of pyridine rings is 1. The van der Waals surface area contributed by atoms with E-state index in [-0.39, 0.29) is 25.2 Å². The number of nitrogens with one attached hydrogen (secondary N) is 1. The van der Waals surface area contributed by atoms with Gasteiger partial charge >= 0.3 is 17.7 Å². The predicted molar refractivity (Wildman–Crippen MR) is 133 cm³/mol. The normalized spacial score (nSPS) is 25.5. The van der Waals surface area contributed by atoms with Crippen LogP contribution in [0.4, 0.5) is 4.39 Å². The molecule has 1 fully saturated rings. The number of nitrogens with zero attached hydrogens (tertiary/aromatic N) is 2. The van der Waals surface area contributed by atoms with Crippen LogP contribution in [0.25, 0.3) is 10.8 Å². The number of amides is 1. The van der Waals surface area contributed by atoms with Crippen molar-refractivity contribution >= 4 is 34.3 Å². The van der Waals surface area contributed by atoms with Crippen molar-refractivity contribution < 1.29 is 33.1 Å². The van der Waals surface area contributed by atoms with Crippen LogP contribution < -0.4 is 5.32 Å². The largest absolute Gasteiger partial charge is 0.417 e. The van der Waals surface area contributed by atoms with Gasteiger partial charge in [0.05, 0.1) is 18.5 Å². The molecule has 1 aromatic heterocycles. The van der Waals surface area contributed by atoms with Crippen LogP contribution in [-0.2, 0) is 28.7 Å². The maximum atomic E-state index is 14.3. The first-order valence-corrected chi connectivity index (χ1v) is 12.3. The number of esters is 2. The lowest BCUT2D eigenvalue weighted by Gasteiger charge is -2.35. The van der Waals surface area contributed by atoms with Gasteiger partial charge in [-0.3, -0.25) is 19.4 Å². The van der Waals surface area contributed by atoms with Gasteiger partial charge in [0, 0.05) is 23.9 Å². The fourth-order valence-corrected chi connectivity index (χ4v) is 4.59. The third-order valence-corrected chi connectivity index (χ3v) is 6.65. The number of fused-ring (bicyclic) bond motifs is 1. The van der Waals surface area contributed by atoms with E-state index in [1.807, 2.05) is 51.1 Å². The zero-order chi connectivity index (χ0) is 27.0. The van der Waals surface area contributed by atoms with Crippen LogP contribution in [0.2, 0.25) is 0 Å². The van der Waals surface area contributed by atoms with Gasteiger partial charge in [0.25, 0.3) is 5.91 Å². The van der Waals surface area contributed by atoms with E-state index in [0.717, 1.165) is 10.8 Å². The Morgan fingerprint density at radius 2 is 1.97 bits per heavy atom. The van der Waals surface area contributed by atoms with Crippen molar-refractivity contribution in [2.45, 2.75) is 71.3 Å². The van der Waals surface area contributed by atoms with Crippen molar-refractivity contribution in [3.63, 3.8) is 0 Å². The summed E-state index contributed by atoms with van der Waals surface area (Å²) in [6.45, 7) is 7.76. The molecule has 0 aliphatic carbocycles. The molecule has 1 aromatic carbocycles. The monoisotopic (exact) mass is 513 g/mol. The molecule has 2 aromatic rings. The molecule has 3 unspecified atom stereocenters. The summed E-state index contributed by atoms with van der Waals surface area (Å²) in [6.07, 6.45) is 1.39. The molecule has 1 saturated heterocycles. The smallest absolute Gasteiger partial charge is 0.311 e. The molecule has 3 heterocycles. The summed E-state index contributed by atoms with van der Waals surface area (Å²) in [5.74, 6) is -4.73. The SMILES string of the molecule is CC(C)C1(C(=O)NC2CC(=O)OC2(CF)OC(=O)CC(C)(C)C)CC(c2nccc3ccccc23)=NO1. The highest BCUT2D eigenvalue weighted by Gasteiger charge is 2.57. The number of oxime groups is 1. The van der Waals surface area contributed by atoms with Crippen LogP contribution in [0, 0.1) is 11.3 Å². The predicted octanol–water partition coefficient (Wildman–Crippen LogP) is 3.83. The van der Waals surface area contributed by atoms with Crippen molar-refractivity contribution in [3.8, 4) is 0 Å². The second-order valence-corrected chi connectivity index (χ2v) is 11.1. The van der Waals surface area contributed by atoms with E-state index in [0.29, 0.717) is 11.4 Å². The molecule has 1 N–H and O–H groups in total.